The standard InChI is InChI=1S/C27H29ClFN3O4S/c1-4-30-27(34)20(3)31(17-21-13-15-22(29)16-14-21)26(33)18-32(25-12-8-11-24(28)19(25)2)37(35,36)23-9-6-5-7-10-23/h5-16,20H,4,17-18H2,1-3H3,(H,30,34)/t20-/m0/s1. The van der Waals surface area contributed by atoms with Crippen molar-refractivity contribution in [2.75, 3.05) is 17.4 Å². The quantitative estimate of drug-likeness (QED) is 0.405. The number of hydrogen-bond acceptors (Lipinski definition) is 4. The molecule has 0 spiro atoms. The van der Waals surface area contributed by atoms with E-state index in [4.69, 9.17) is 11.6 Å². The first-order valence-electron chi connectivity index (χ1n) is 11.7. The molecule has 3 aromatic rings. The number of carbonyl (C=O) groups is 2. The summed E-state index contributed by atoms with van der Waals surface area (Å²) in [6.07, 6.45) is 0. The van der Waals surface area contributed by atoms with Crippen molar-refractivity contribution in [2.45, 2.75) is 38.3 Å². The molecule has 0 aromatic heterocycles. The molecule has 3 rings (SSSR count). The van der Waals surface area contributed by atoms with Crippen molar-refractivity contribution in [1.29, 1.82) is 0 Å². The van der Waals surface area contributed by atoms with E-state index in [2.05, 4.69) is 5.32 Å². The number of nitrogens with one attached hydrogen (secondary N) is 1. The third-order valence-electron chi connectivity index (χ3n) is 5.90. The van der Waals surface area contributed by atoms with Crippen LogP contribution in [0, 0.1) is 12.7 Å². The fourth-order valence-electron chi connectivity index (χ4n) is 3.79. The van der Waals surface area contributed by atoms with Gasteiger partial charge in [0.1, 0.15) is 18.4 Å². The zero-order valence-electron chi connectivity index (χ0n) is 20.8. The van der Waals surface area contributed by atoms with Crippen LogP contribution in [0.1, 0.15) is 25.0 Å². The number of hydrogen-bond donors (Lipinski definition) is 1. The molecule has 1 atom stereocenters. The van der Waals surface area contributed by atoms with Gasteiger partial charge in [-0.1, -0.05) is 48.0 Å². The predicted molar refractivity (Wildman–Crippen MR) is 142 cm³/mol. The molecular weight excluding hydrogens is 517 g/mol. The molecule has 0 heterocycles. The highest BCUT2D eigenvalue weighted by molar-refractivity contribution is 7.92. The SMILES string of the molecule is CCNC(=O)[C@H](C)N(Cc1ccc(F)cc1)C(=O)CN(c1cccc(Cl)c1C)S(=O)(=O)c1ccccc1. The number of nitrogens with zero attached hydrogens (tertiary/aromatic N) is 2. The first-order valence-corrected chi connectivity index (χ1v) is 13.5. The number of halogens is 2. The minimum atomic E-state index is -4.18. The number of carbonyl (C=O) groups excluding carboxylic acids is 2. The lowest BCUT2D eigenvalue weighted by molar-refractivity contribution is -0.139. The van der Waals surface area contributed by atoms with Crippen LogP contribution in [0.4, 0.5) is 10.1 Å². The van der Waals surface area contributed by atoms with Crippen LogP contribution in [0.5, 0.6) is 0 Å². The van der Waals surface area contributed by atoms with Crippen LogP contribution in [-0.4, -0.2) is 44.3 Å². The van der Waals surface area contributed by atoms with Crippen molar-refractivity contribution in [1.82, 2.24) is 10.2 Å². The van der Waals surface area contributed by atoms with E-state index in [1.165, 1.54) is 41.3 Å². The fourth-order valence-corrected chi connectivity index (χ4v) is 5.45. The molecule has 2 amide bonds. The summed E-state index contributed by atoms with van der Waals surface area (Å²) < 4.78 is 42.0. The van der Waals surface area contributed by atoms with Gasteiger partial charge in [0.15, 0.2) is 0 Å². The Morgan fingerprint density at radius 1 is 1.00 bits per heavy atom. The highest BCUT2D eigenvalue weighted by Gasteiger charge is 2.33. The molecule has 0 bridgehead atoms. The molecule has 196 valence electrons. The molecule has 0 unspecified atom stereocenters. The topological polar surface area (TPSA) is 86.8 Å². The van der Waals surface area contributed by atoms with Crippen LogP contribution in [0.2, 0.25) is 5.02 Å². The van der Waals surface area contributed by atoms with Gasteiger partial charge in [-0.15, -0.1) is 0 Å². The number of benzene rings is 3. The lowest BCUT2D eigenvalue weighted by Gasteiger charge is -2.32. The molecule has 37 heavy (non-hydrogen) atoms. The summed E-state index contributed by atoms with van der Waals surface area (Å²) in [5.41, 5.74) is 1.32. The first-order chi connectivity index (χ1) is 17.6. The lowest BCUT2D eigenvalue weighted by Crippen LogP contribution is -2.51. The van der Waals surface area contributed by atoms with E-state index in [0.29, 0.717) is 22.7 Å². The van der Waals surface area contributed by atoms with Crippen molar-refractivity contribution in [2.24, 2.45) is 0 Å². The third kappa shape index (κ3) is 6.67. The van der Waals surface area contributed by atoms with Gasteiger partial charge in [0, 0.05) is 18.1 Å². The summed E-state index contributed by atoms with van der Waals surface area (Å²) in [5.74, 6) is -1.44. The van der Waals surface area contributed by atoms with E-state index in [1.54, 1.807) is 57.2 Å². The second kappa shape index (κ2) is 12.2. The Kier molecular flexibility index (Phi) is 9.29. The average molecular weight is 546 g/mol. The van der Waals surface area contributed by atoms with Crippen LogP contribution >= 0.6 is 11.6 Å². The molecule has 10 heteroatoms. The molecule has 0 fully saturated rings. The van der Waals surface area contributed by atoms with Crippen molar-refractivity contribution in [3.05, 3.63) is 94.8 Å². The van der Waals surface area contributed by atoms with Crippen molar-refractivity contribution < 1.29 is 22.4 Å². The second-order valence-electron chi connectivity index (χ2n) is 8.43. The van der Waals surface area contributed by atoms with Crippen LogP contribution in [0.25, 0.3) is 0 Å². The minimum absolute atomic E-state index is 0.00374. The van der Waals surface area contributed by atoms with Crippen LogP contribution in [0.15, 0.2) is 77.7 Å². The fraction of sp³-hybridized carbons (Fsp3) is 0.259. The van der Waals surface area contributed by atoms with Gasteiger partial charge in [0.2, 0.25) is 11.8 Å². The van der Waals surface area contributed by atoms with E-state index in [1.807, 2.05) is 0 Å². The Hall–Kier alpha value is -3.43. The zero-order valence-corrected chi connectivity index (χ0v) is 22.4. The monoisotopic (exact) mass is 545 g/mol. The van der Waals surface area contributed by atoms with Crippen LogP contribution < -0.4 is 9.62 Å². The van der Waals surface area contributed by atoms with Gasteiger partial charge in [-0.25, -0.2) is 12.8 Å². The summed E-state index contributed by atoms with van der Waals surface area (Å²) in [5, 5.41) is 3.04. The summed E-state index contributed by atoms with van der Waals surface area (Å²) in [6.45, 7) is 4.75. The number of likely N-dealkylation sites (N-methyl/N-ethyl adjacent to an activating group) is 1. The highest BCUT2D eigenvalue weighted by atomic mass is 35.5. The molecule has 0 aliphatic rings. The van der Waals surface area contributed by atoms with E-state index in [-0.39, 0.29) is 17.1 Å². The largest absolute Gasteiger partial charge is 0.355 e. The maximum Gasteiger partial charge on any atom is 0.264 e. The van der Waals surface area contributed by atoms with Gasteiger partial charge in [0.05, 0.1) is 10.6 Å². The summed E-state index contributed by atoms with van der Waals surface area (Å²) >= 11 is 6.30. The smallest absolute Gasteiger partial charge is 0.264 e. The third-order valence-corrected chi connectivity index (χ3v) is 8.09. The van der Waals surface area contributed by atoms with Crippen LogP contribution in [-0.2, 0) is 26.2 Å². The number of sulfonamides is 1. The minimum Gasteiger partial charge on any atom is -0.355 e. The summed E-state index contributed by atoms with van der Waals surface area (Å²) in [6, 6.07) is 17.2. The molecule has 0 radical (unpaired) electrons. The first kappa shape index (κ1) is 28.1. The molecule has 0 saturated heterocycles. The molecule has 0 aliphatic carbocycles. The number of rotatable bonds is 10. The van der Waals surface area contributed by atoms with Crippen molar-refractivity contribution >= 4 is 39.1 Å². The maximum absolute atomic E-state index is 13.8. The molecule has 0 saturated carbocycles. The predicted octanol–water partition coefficient (Wildman–Crippen LogP) is 4.54. The molecule has 7 nitrogen and oxygen atoms in total. The Balaban J connectivity index is 2.06. The molecule has 1 N–H and O–H groups in total. The highest BCUT2D eigenvalue weighted by Crippen LogP contribution is 2.31. The van der Waals surface area contributed by atoms with Gasteiger partial charge in [-0.3, -0.25) is 13.9 Å². The summed E-state index contributed by atoms with van der Waals surface area (Å²) in [7, 11) is -4.18. The Bertz CT molecular complexity index is 1350. The van der Waals surface area contributed by atoms with Gasteiger partial charge in [-0.2, -0.15) is 0 Å². The molecular formula is C27H29ClFN3O4S. The van der Waals surface area contributed by atoms with Crippen molar-refractivity contribution in [3.8, 4) is 0 Å². The van der Waals surface area contributed by atoms with Crippen LogP contribution in [0.3, 0.4) is 0 Å². The van der Waals surface area contributed by atoms with Crippen molar-refractivity contribution in [3.63, 3.8) is 0 Å². The number of amides is 2. The Morgan fingerprint density at radius 2 is 1.65 bits per heavy atom. The van der Waals surface area contributed by atoms with E-state index in [0.717, 1.165) is 4.31 Å². The second-order valence-corrected chi connectivity index (χ2v) is 10.7. The average Bonchev–Trinajstić information content (AvgIpc) is 2.88. The summed E-state index contributed by atoms with van der Waals surface area (Å²) in [4.78, 5) is 27.7. The van der Waals surface area contributed by atoms with E-state index >= 15 is 0 Å². The molecule has 3 aromatic carbocycles. The van der Waals surface area contributed by atoms with Gasteiger partial charge in [0.25, 0.3) is 10.0 Å². The zero-order chi connectivity index (χ0) is 27.2. The van der Waals surface area contributed by atoms with Gasteiger partial charge >= 0.3 is 0 Å². The number of anilines is 1. The van der Waals surface area contributed by atoms with E-state index < -0.39 is 40.2 Å². The van der Waals surface area contributed by atoms with E-state index in [9.17, 15) is 22.4 Å². The Morgan fingerprint density at radius 3 is 2.27 bits per heavy atom. The lowest BCUT2D eigenvalue weighted by atomic mass is 10.1. The maximum atomic E-state index is 13.8. The normalized spacial score (nSPS) is 12.0. The van der Waals surface area contributed by atoms with Gasteiger partial charge in [-0.05, 0) is 68.3 Å². The van der Waals surface area contributed by atoms with Gasteiger partial charge < -0.3 is 10.2 Å². The Labute approximate surface area is 221 Å². The molecule has 0 aliphatic heterocycles.